The number of benzene rings is 1. The number of likely N-dealkylation sites (N-methyl/N-ethyl adjacent to an activating group) is 1. The molecule has 0 aliphatic heterocycles. The lowest BCUT2D eigenvalue weighted by Gasteiger charge is -2.28. The molecule has 0 spiro atoms. The average molecular weight is 295 g/mol. The molecule has 0 saturated carbocycles. The van der Waals surface area contributed by atoms with Gasteiger partial charge in [0.2, 0.25) is 0 Å². The van der Waals surface area contributed by atoms with Crippen molar-refractivity contribution in [2.75, 3.05) is 7.05 Å². The van der Waals surface area contributed by atoms with E-state index in [4.69, 9.17) is 4.74 Å². The molecule has 1 aromatic rings. The Hall–Kier alpha value is -2.24. The summed E-state index contributed by atoms with van der Waals surface area (Å²) in [7, 11) is 1.40. The first-order valence-electron chi connectivity index (χ1n) is 6.56. The van der Waals surface area contributed by atoms with Gasteiger partial charge in [-0.3, -0.25) is 4.90 Å². The summed E-state index contributed by atoms with van der Waals surface area (Å²) in [6.07, 6.45) is -0.556. The van der Waals surface area contributed by atoms with Gasteiger partial charge in [0.15, 0.2) is 0 Å². The molecule has 6 heteroatoms. The molecule has 0 radical (unpaired) electrons. The SMILES string of the molecule is CN(C(=O)OC(C)(C)C)[C@@H](Cc1ccc(O)cc1)C(=O)O. The minimum atomic E-state index is -1.11. The fourth-order valence-corrected chi connectivity index (χ4v) is 1.71. The van der Waals surface area contributed by atoms with Crippen molar-refractivity contribution in [3.63, 3.8) is 0 Å². The Morgan fingerprint density at radius 3 is 2.19 bits per heavy atom. The third-order valence-electron chi connectivity index (χ3n) is 2.80. The Morgan fingerprint density at radius 2 is 1.76 bits per heavy atom. The van der Waals surface area contributed by atoms with E-state index in [0.717, 1.165) is 4.90 Å². The van der Waals surface area contributed by atoms with Crippen LogP contribution in [0.4, 0.5) is 4.79 Å². The molecule has 0 aromatic heterocycles. The lowest BCUT2D eigenvalue weighted by Crippen LogP contribution is -2.46. The number of carbonyl (C=O) groups excluding carboxylic acids is 1. The number of nitrogens with zero attached hydrogens (tertiary/aromatic N) is 1. The van der Waals surface area contributed by atoms with Crippen molar-refractivity contribution in [3.05, 3.63) is 29.8 Å². The summed E-state index contributed by atoms with van der Waals surface area (Å²) < 4.78 is 5.17. The minimum absolute atomic E-state index is 0.103. The van der Waals surface area contributed by atoms with Crippen LogP contribution in [-0.2, 0) is 16.0 Å². The number of phenols is 1. The molecule has 0 saturated heterocycles. The molecule has 0 aliphatic carbocycles. The highest BCUT2D eigenvalue weighted by molar-refractivity contribution is 5.80. The van der Waals surface area contributed by atoms with Gasteiger partial charge >= 0.3 is 12.1 Å². The maximum atomic E-state index is 11.9. The van der Waals surface area contributed by atoms with Crippen molar-refractivity contribution < 1.29 is 24.5 Å². The van der Waals surface area contributed by atoms with Gasteiger partial charge in [-0.25, -0.2) is 9.59 Å². The quantitative estimate of drug-likeness (QED) is 0.889. The molecule has 0 heterocycles. The summed E-state index contributed by atoms with van der Waals surface area (Å²) in [5.74, 6) is -1.01. The predicted molar refractivity (Wildman–Crippen MR) is 77.2 cm³/mol. The molecule has 1 amide bonds. The number of carbonyl (C=O) groups is 2. The number of carboxylic acid groups (broad SMARTS) is 1. The highest BCUT2D eigenvalue weighted by Gasteiger charge is 2.30. The highest BCUT2D eigenvalue weighted by atomic mass is 16.6. The van der Waals surface area contributed by atoms with Gasteiger partial charge in [-0.05, 0) is 38.5 Å². The van der Waals surface area contributed by atoms with Gasteiger partial charge in [0.05, 0.1) is 0 Å². The van der Waals surface area contributed by atoms with Gasteiger partial charge in [-0.1, -0.05) is 12.1 Å². The van der Waals surface area contributed by atoms with Crippen LogP contribution in [-0.4, -0.2) is 45.9 Å². The van der Waals surface area contributed by atoms with Crippen molar-refractivity contribution >= 4 is 12.1 Å². The van der Waals surface area contributed by atoms with E-state index in [1.165, 1.54) is 19.2 Å². The van der Waals surface area contributed by atoms with Crippen LogP contribution < -0.4 is 0 Å². The molecule has 1 aromatic carbocycles. The smallest absolute Gasteiger partial charge is 0.410 e. The second-order valence-electron chi connectivity index (χ2n) is 5.82. The summed E-state index contributed by atoms with van der Waals surface area (Å²) >= 11 is 0. The van der Waals surface area contributed by atoms with E-state index in [2.05, 4.69) is 0 Å². The largest absolute Gasteiger partial charge is 0.508 e. The number of hydrogen-bond acceptors (Lipinski definition) is 4. The first-order valence-corrected chi connectivity index (χ1v) is 6.56. The zero-order valence-corrected chi connectivity index (χ0v) is 12.7. The maximum absolute atomic E-state index is 11.9. The second kappa shape index (κ2) is 6.47. The fourth-order valence-electron chi connectivity index (χ4n) is 1.71. The van der Waals surface area contributed by atoms with Crippen LogP contribution in [0.2, 0.25) is 0 Å². The van der Waals surface area contributed by atoms with E-state index >= 15 is 0 Å². The lowest BCUT2D eigenvalue weighted by atomic mass is 10.1. The van der Waals surface area contributed by atoms with Gasteiger partial charge in [0.25, 0.3) is 0 Å². The summed E-state index contributed by atoms with van der Waals surface area (Å²) in [5.41, 5.74) is 0.0167. The van der Waals surface area contributed by atoms with E-state index in [-0.39, 0.29) is 12.2 Å². The van der Waals surface area contributed by atoms with Crippen molar-refractivity contribution in [1.29, 1.82) is 0 Å². The van der Waals surface area contributed by atoms with E-state index in [1.807, 2.05) is 0 Å². The molecular formula is C15H21NO5. The molecule has 1 atom stereocenters. The number of phenolic OH excluding ortho intramolecular Hbond substituents is 1. The molecular weight excluding hydrogens is 274 g/mol. The topological polar surface area (TPSA) is 87.1 Å². The van der Waals surface area contributed by atoms with Crippen LogP contribution in [0.5, 0.6) is 5.75 Å². The molecule has 6 nitrogen and oxygen atoms in total. The number of hydrogen-bond donors (Lipinski definition) is 2. The molecule has 0 fully saturated rings. The summed E-state index contributed by atoms with van der Waals surface area (Å²) in [4.78, 5) is 24.4. The molecule has 0 bridgehead atoms. The molecule has 116 valence electrons. The zero-order chi connectivity index (χ0) is 16.2. The molecule has 0 unspecified atom stereocenters. The predicted octanol–water partition coefficient (Wildman–Crippen LogP) is 2.25. The third kappa shape index (κ3) is 5.33. The van der Waals surface area contributed by atoms with Crippen LogP contribution in [0.1, 0.15) is 26.3 Å². The van der Waals surface area contributed by atoms with Crippen LogP contribution in [0.15, 0.2) is 24.3 Å². The standard InChI is InChI=1S/C15H21NO5/c1-15(2,3)21-14(20)16(4)12(13(18)19)9-10-5-7-11(17)8-6-10/h5-8,12,17H,9H2,1-4H3,(H,18,19)/t12-/m0/s1. The van der Waals surface area contributed by atoms with Gasteiger partial charge < -0.3 is 14.9 Å². The van der Waals surface area contributed by atoms with Crippen molar-refractivity contribution in [2.24, 2.45) is 0 Å². The van der Waals surface area contributed by atoms with Gasteiger partial charge in [-0.2, -0.15) is 0 Å². The number of rotatable bonds is 4. The van der Waals surface area contributed by atoms with Crippen LogP contribution in [0, 0.1) is 0 Å². The van der Waals surface area contributed by atoms with Crippen LogP contribution >= 0.6 is 0 Å². The Morgan fingerprint density at radius 1 is 1.24 bits per heavy atom. The number of aliphatic carboxylic acids is 1. The molecule has 1 rings (SSSR count). The summed E-state index contributed by atoms with van der Waals surface area (Å²) in [6, 6.07) is 5.15. The summed E-state index contributed by atoms with van der Waals surface area (Å²) in [5, 5.41) is 18.5. The Kier molecular flexibility index (Phi) is 5.18. The normalized spacial score (nSPS) is 12.6. The number of aromatic hydroxyl groups is 1. The zero-order valence-electron chi connectivity index (χ0n) is 12.7. The van der Waals surface area contributed by atoms with E-state index in [1.54, 1.807) is 32.9 Å². The van der Waals surface area contributed by atoms with Crippen molar-refractivity contribution in [3.8, 4) is 5.75 Å². The second-order valence-corrected chi connectivity index (χ2v) is 5.82. The number of ether oxygens (including phenoxy) is 1. The van der Waals surface area contributed by atoms with Gasteiger partial charge in [-0.15, -0.1) is 0 Å². The van der Waals surface area contributed by atoms with Crippen molar-refractivity contribution in [1.82, 2.24) is 4.90 Å². The lowest BCUT2D eigenvalue weighted by molar-refractivity contribution is -0.142. The fraction of sp³-hybridized carbons (Fsp3) is 0.467. The molecule has 2 N–H and O–H groups in total. The average Bonchev–Trinajstić information content (AvgIpc) is 2.34. The van der Waals surface area contributed by atoms with Crippen molar-refractivity contribution in [2.45, 2.75) is 38.8 Å². The Balaban J connectivity index is 2.83. The van der Waals surface area contributed by atoms with E-state index in [9.17, 15) is 19.8 Å². The van der Waals surface area contributed by atoms with Gasteiger partial charge in [0, 0.05) is 13.5 Å². The maximum Gasteiger partial charge on any atom is 0.410 e. The minimum Gasteiger partial charge on any atom is -0.508 e. The first-order chi connectivity index (χ1) is 9.60. The highest BCUT2D eigenvalue weighted by Crippen LogP contribution is 2.16. The van der Waals surface area contributed by atoms with E-state index < -0.39 is 23.7 Å². The van der Waals surface area contributed by atoms with E-state index in [0.29, 0.717) is 5.56 Å². The number of amides is 1. The van der Waals surface area contributed by atoms with Gasteiger partial charge in [0.1, 0.15) is 17.4 Å². The Labute approximate surface area is 124 Å². The van der Waals surface area contributed by atoms with Crippen LogP contribution in [0.25, 0.3) is 0 Å². The summed E-state index contributed by atoms with van der Waals surface area (Å²) in [6.45, 7) is 5.15. The molecule has 21 heavy (non-hydrogen) atoms. The molecule has 0 aliphatic rings. The Bertz CT molecular complexity index is 504. The van der Waals surface area contributed by atoms with Crippen LogP contribution in [0.3, 0.4) is 0 Å². The number of carboxylic acids is 1. The third-order valence-corrected chi connectivity index (χ3v) is 2.80. The first kappa shape index (κ1) is 16.8. The monoisotopic (exact) mass is 295 g/mol.